The highest BCUT2D eigenvalue weighted by molar-refractivity contribution is 5.74. The van der Waals surface area contributed by atoms with Crippen molar-refractivity contribution < 1.29 is 14.7 Å². The summed E-state index contributed by atoms with van der Waals surface area (Å²) in [5.41, 5.74) is 0. The van der Waals surface area contributed by atoms with Crippen molar-refractivity contribution in [2.24, 2.45) is 0 Å². The maximum absolute atomic E-state index is 11.1. The third-order valence-corrected chi connectivity index (χ3v) is 1.52. The van der Waals surface area contributed by atoms with Crippen molar-refractivity contribution in [1.82, 2.24) is 10.2 Å². The number of carboxylic acids is 1. The molecule has 14 heavy (non-hydrogen) atoms. The summed E-state index contributed by atoms with van der Waals surface area (Å²) in [7, 11) is 1.58. The zero-order valence-electron chi connectivity index (χ0n) is 8.12. The van der Waals surface area contributed by atoms with Crippen LogP contribution in [-0.2, 0) is 4.79 Å². The molecular weight excluding hydrogens is 184 g/mol. The van der Waals surface area contributed by atoms with Crippen LogP contribution in [0, 0.1) is 12.3 Å². The summed E-state index contributed by atoms with van der Waals surface area (Å²) in [5.74, 6) is 1.46. The second-order valence-corrected chi connectivity index (χ2v) is 2.79. The number of carboxylic acid groups (broad SMARTS) is 1. The van der Waals surface area contributed by atoms with Crippen LogP contribution in [0.5, 0.6) is 0 Å². The van der Waals surface area contributed by atoms with Gasteiger partial charge >= 0.3 is 12.0 Å². The molecule has 0 fully saturated rings. The molecule has 5 heteroatoms. The number of amides is 2. The molecule has 0 aliphatic rings. The van der Waals surface area contributed by atoms with Gasteiger partial charge in [0.1, 0.15) is 0 Å². The first-order valence-corrected chi connectivity index (χ1v) is 4.22. The Balaban J connectivity index is 3.54. The van der Waals surface area contributed by atoms with E-state index in [-0.39, 0.29) is 19.0 Å². The van der Waals surface area contributed by atoms with E-state index >= 15 is 0 Å². The average Bonchev–Trinajstić information content (AvgIpc) is 2.12. The van der Waals surface area contributed by atoms with Gasteiger partial charge in [-0.3, -0.25) is 4.79 Å². The van der Waals surface area contributed by atoms with Crippen LogP contribution in [-0.4, -0.2) is 42.1 Å². The van der Waals surface area contributed by atoms with Crippen LogP contribution in [0.4, 0.5) is 4.79 Å². The molecule has 78 valence electrons. The quantitative estimate of drug-likeness (QED) is 0.487. The summed E-state index contributed by atoms with van der Waals surface area (Å²) in [5, 5.41) is 10.9. The Labute approximate surface area is 83.1 Å². The van der Waals surface area contributed by atoms with Crippen LogP contribution in [0.25, 0.3) is 0 Å². The fourth-order valence-electron chi connectivity index (χ4n) is 0.779. The molecule has 0 bridgehead atoms. The standard InChI is InChI=1S/C9H14N2O3/c1-3-7-11(2)9(14)10-6-4-5-8(12)13/h1H,4-7H2,2H3,(H,10,14)(H,12,13). The first-order chi connectivity index (χ1) is 6.57. The SMILES string of the molecule is C#CCN(C)C(=O)NCCCC(=O)O. The zero-order chi connectivity index (χ0) is 11.0. The topological polar surface area (TPSA) is 69.6 Å². The second-order valence-electron chi connectivity index (χ2n) is 2.79. The number of nitrogens with one attached hydrogen (secondary N) is 1. The molecular formula is C9H14N2O3. The lowest BCUT2D eigenvalue weighted by Crippen LogP contribution is -2.37. The number of carbonyl (C=O) groups excluding carboxylic acids is 1. The molecule has 2 amide bonds. The molecule has 0 aromatic heterocycles. The maximum atomic E-state index is 11.1. The van der Waals surface area contributed by atoms with Crippen LogP contribution < -0.4 is 5.32 Å². The molecule has 0 aromatic rings. The number of hydrogen-bond acceptors (Lipinski definition) is 2. The third kappa shape index (κ3) is 5.89. The molecule has 0 heterocycles. The van der Waals surface area contributed by atoms with Gasteiger partial charge in [-0.05, 0) is 6.42 Å². The number of aliphatic carboxylic acids is 1. The molecule has 0 saturated heterocycles. The molecule has 0 atom stereocenters. The number of hydrogen-bond donors (Lipinski definition) is 2. The summed E-state index contributed by atoms with van der Waals surface area (Å²) in [6.45, 7) is 0.588. The van der Waals surface area contributed by atoms with Crippen LogP contribution in [0.2, 0.25) is 0 Å². The minimum Gasteiger partial charge on any atom is -0.481 e. The number of nitrogens with zero attached hydrogens (tertiary/aromatic N) is 1. The van der Waals surface area contributed by atoms with E-state index in [1.54, 1.807) is 7.05 Å². The largest absolute Gasteiger partial charge is 0.481 e. The number of carbonyl (C=O) groups is 2. The van der Waals surface area contributed by atoms with Crippen LogP contribution in [0.15, 0.2) is 0 Å². The average molecular weight is 198 g/mol. The van der Waals surface area contributed by atoms with E-state index in [0.717, 1.165) is 0 Å². The summed E-state index contributed by atoms with van der Waals surface area (Å²) in [6.07, 6.45) is 5.49. The van der Waals surface area contributed by atoms with E-state index in [1.807, 2.05) is 0 Å². The van der Waals surface area contributed by atoms with Gasteiger partial charge in [-0.15, -0.1) is 6.42 Å². The van der Waals surface area contributed by atoms with Gasteiger partial charge in [0.2, 0.25) is 0 Å². The molecule has 0 aliphatic carbocycles. The Morgan fingerprint density at radius 2 is 2.21 bits per heavy atom. The summed E-state index contributed by atoms with van der Waals surface area (Å²) >= 11 is 0. The van der Waals surface area contributed by atoms with E-state index in [1.165, 1.54) is 4.90 Å². The fraction of sp³-hybridized carbons (Fsp3) is 0.556. The zero-order valence-corrected chi connectivity index (χ0v) is 8.12. The van der Waals surface area contributed by atoms with Crippen molar-refractivity contribution >= 4 is 12.0 Å². The highest BCUT2D eigenvalue weighted by Crippen LogP contribution is 1.88. The molecule has 0 rings (SSSR count). The molecule has 2 N–H and O–H groups in total. The normalized spacial score (nSPS) is 8.86. The van der Waals surface area contributed by atoms with Gasteiger partial charge in [0, 0.05) is 20.0 Å². The molecule has 0 aromatic carbocycles. The van der Waals surface area contributed by atoms with Crippen molar-refractivity contribution in [2.75, 3.05) is 20.1 Å². The van der Waals surface area contributed by atoms with Crippen LogP contribution in [0.3, 0.4) is 0 Å². The van der Waals surface area contributed by atoms with Gasteiger partial charge in [0.05, 0.1) is 6.54 Å². The number of urea groups is 1. The fourth-order valence-corrected chi connectivity index (χ4v) is 0.779. The van der Waals surface area contributed by atoms with E-state index in [9.17, 15) is 9.59 Å². The Hall–Kier alpha value is -1.70. The summed E-state index contributed by atoms with van der Waals surface area (Å²) in [4.78, 5) is 22.6. The van der Waals surface area contributed by atoms with Gasteiger partial charge in [-0.1, -0.05) is 5.92 Å². The monoisotopic (exact) mass is 198 g/mol. The Bertz CT molecular complexity index is 245. The predicted octanol–water partition coefficient (Wildman–Crippen LogP) is 0.126. The van der Waals surface area contributed by atoms with Crippen molar-refractivity contribution in [2.45, 2.75) is 12.8 Å². The van der Waals surface area contributed by atoms with Gasteiger partial charge in [-0.25, -0.2) is 4.79 Å². The third-order valence-electron chi connectivity index (χ3n) is 1.52. The Kier molecular flexibility index (Phi) is 5.95. The predicted molar refractivity (Wildman–Crippen MR) is 51.7 cm³/mol. The minimum absolute atomic E-state index is 0.0547. The smallest absolute Gasteiger partial charge is 0.317 e. The second kappa shape index (κ2) is 6.78. The lowest BCUT2D eigenvalue weighted by molar-refractivity contribution is -0.137. The van der Waals surface area contributed by atoms with E-state index < -0.39 is 5.97 Å². The van der Waals surface area contributed by atoms with Gasteiger partial charge < -0.3 is 15.3 Å². The molecule has 0 spiro atoms. The minimum atomic E-state index is -0.865. The van der Waals surface area contributed by atoms with Gasteiger partial charge in [0.15, 0.2) is 0 Å². The van der Waals surface area contributed by atoms with Crippen molar-refractivity contribution in [1.29, 1.82) is 0 Å². The molecule has 0 radical (unpaired) electrons. The molecule has 5 nitrogen and oxygen atoms in total. The van der Waals surface area contributed by atoms with Gasteiger partial charge in [0.25, 0.3) is 0 Å². The van der Waals surface area contributed by atoms with Crippen LogP contribution >= 0.6 is 0 Å². The van der Waals surface area contributed by atoms with Crippen molar-refractivity contribution in [3.8, 4) is 12.3 Å². The van der Waals surface area contributed by atoms with Gasteiger partial charge in [-0.2, -0.15) is 0 Å². The first-order valence-electron chi connectivity index (χ1n) is 4.22. The molecule has 0 aliphatic heterocycles. The summed E-state index contributed by atoms with van der Waals surface area (Å²) in [6, 6.07) is -0.284. The van der Waals surface area contributed by atoms with Crippen molar-refractivity contribution in [3.63, 3.8) is 0 Å². The Morgan fingerprint density at radius 1 is 1.57 bits per heavy atom. The highest BCUT2D eigenvalue weighted by atomic mass is 16.4. The van der Waals surface area contributed by atoms with Crippen molar-refractivity contribution in [3.05, 3.63) is 0 Å². The van der Waals surface area contributed by atoms with E-state index in [0.29, 0.717) is 13.0 Å². The van der Waals surface area contributed by atoms with E-state index in [2.05, 4.69) is 11.2 Å². The highest BCUT2D eigenvalue weighted by Gasteiger charge is 2.05. The lowest BCUT2D eigenvalue weighted by atomic mass is 10.3. The first kappa shape index (κ1) is 12.3. The number of terminal acetylenes is 1. The lowest BCUT2D eigenvalue weighted by Gasteiger charge is -2.14. The maximum Gasteiger partial charge on any atom is 0.317 e. The summed E-state index contributed by atoms with van der Waals surface area (Å²) < 4.78 is 0. The molecule has 0 unspecified atom stereocenters. The Morgan fingerprint density at radius 3 is 2.71 bits per heavy atom. The number of rotatable bonds is 5. The van der Waals surface area contributed by atoms with E-state index in [4.69, 9.17) is 11.5 Å². The van der Waals surface area contributed by atoms with Crippen LogP contribution in [0.1, 0.15) is 12.8 Å². The molecule has 0 saturated carbocycles.